The number of aromatic carboxylic acids is 1. The molecule has 1 aliphatic rings. The van der Waals surface area contributed by atoms with Gasteiger partial charge >= 0.3 is 5.97 Å². The van der Waals surface area contributed by atoms with Gasteiger partial charge in [-0.2, -0.15) is 0 Å². The first-order valence-corrected chi connectivity index (χ1v) is 6.79. The Labute approximate surface area is 121 Å². The molecular formula is C15H15N3O3. The number of carboxylic acid groups (broad SMARTS) is 1. The van der Waals surface area contributed by atoms with Gasteiger partial charge in [0, 0.05) is 30.1 Å². The Balaban J connectivity index is 2.13. The fourth-order valence-corrected chi connectivity index (χ4v) is 2.59. The van der Waals surface area contributed by atoms with E-state index >= 15 is 0 Å². The minimum Gasteiger partial charge on any atom is -0.478 e. The van der Waals surface area contributed by atoms with Gasteiger partial charge < -0.3 is 15.3 Å². The number of hydrogen-bond acceptors (Lipinski definition) is 4. The lowest BCUT2D eigenvalue weighted by atomic mass is 10.1. The normalized spacial score (nSPS) is 15.6. The van der Waals surface area contributed by atoms with Crippen LogP contribution in [0.5, 0.6) is 0 Å². The summed E-state index contributed by atoms with van der Waals surface area (Å²) in [6.45, 7) is 1.60. The van der Waals surface area contributed by atoms with E-state index in [4.69, 9.17) is 0 Å². The van der Waals surface area contributed by atoms with E-state index in [1.54, 1.807) is 12.1 Å². The first-order valence-electron chi connectivity index (χ1n) is 6.79. The van der Waals surface area contributed by atoms with E-state index in [-0.39, 0.29) is 18.0 Å². The molecule has 21 heavy (non-hydrogen) atoms. The molecule has 0 radical (unpaired) electrons. The Morgan fingerprint density at radius 1 is 1.29 bits per heavy atom. The molecule has 2 aromatic rings. The average Bonchev–Trinajstić information content (AvgIpc) is 2.70. The van der Waals surface area contributed by atoms with Crippen molar-refractivity contribution in [1.82, 2.24) is 10.3 Å². The average molecular weight is 285 g/mol. The molecule has 2 heterocycles. The van der Waals surface area contributed by atoms with Crippen molar-refractivity contribution in [1.29, 1.82) is 0 Å². The number of carboxylic acids is 1. The van der Waals surface area contributed by atoms with Crippen LogP contribution in [0.2, 0.25) is 0 Å². The molecule has 1 aromatic heterocycles. The van der Waals surface area contributed by atoms with E-state index < -0.39 is 5.97 Å². The van der Waals surface area contributed by atoms with Gasteiger partial charge in [0.25, 0.3) is 0 Å². The molecule has 1 fully saturated rings. The first-order chi connectivity index (χ1) is 10.2. The third-order valence-corrected chi connectivity index (χ3v) is 3.57. The lowest BCUT2D eigenvalue weighted by molar-refractivity contribution is -0.119. The maximum Gasteiger partial charge on any atom is 0.337 e. The summed E-state index contributed by atoms with van der Waals surface area (Å²) in [6.07, 6.45) is 2.20. The van der Waals surface area contributed by atoms with Gasteiger partial charge in [-0.25, -0.2) is 9.78 Å². The van der Waals surface area contributed by atoms with Crippen LogP contribution in [0, 0.1) is 0 Å². The van der Waals surface area contributed by atoms with Crippen molar-refractivity contribution in [2.75, 3.05) is 24.5 Å². The van der Waals surface area contributed by atoms with Gasteiger partial charge in [-0.05, 0) is 6.42 Å². The van der Waals surface area contributed by atoms with Crippen LogP contribution in [0.15, 0.2) is 30.5 Å². The fraction of sp³-hybridized carbons (Fsp3) is 0.267. The lowest BCUT2D eigenvalue weighted by Gasteiger charge is -2.22. The van der Waals surface area contributed by atoms with Crippen LogP contribution < -0.4 is 10.2 Å². The standard InChI is InChI=1S/C15H15N3O3/c19-13-9-18(7-3-6-16-13)14-11-5-2-1-4-10(11)12(8-17-14)15(20)21/h1-2,4-5,8H,3,6-7,9H2,(H,16,19)(H,20,21). The zero-order valence-corrected chi connectivity index (χ0v) is 11.4. The maximum atomic E-state index is 11.7. The van der Waals surface area contributed by atoms with Crippen LogP contribution in [0.3, 0.4) is 0 Å². The molecule has 6 heteroatoms. The number of pyridine rings is 1. The molecule has 6 nitrogen and oxygen atoms in total. The number of hydrogen-bond donors (Lipinski definition) is 2. The number of nitrogens with zero attached hydrogens (tertiary/aromatic N) is 2. The number of carbonyl (C=O) groups is 2. The highest BCUT2D eigenvalue weighted by Gasteiger charge is 2.20. The van der Waals surface area contributed by atoms with Crippen LogP contribution in [0.25, 0.3) is 10.8 Å². The van der Waals surface area contributed by atoms with E-state index in [9.17, 15) is 14.7 Å². The summed E-state index contributed by atoms with van der Waals surface area (Å²) in [4.78, 5) is 29.2. The highest BCUT2D eigenvalue weighted by Crippen LogP contribution is 2.27. The zero-order chi connectivity index (χ0) is 14.8. The molecule has 0 unspecified atom stereocenters. The van der Waals surface area contributed by atoms with Crippen LogP contribution >= 0.6 is 0 Å². The second-order valence-electron chi connectivity index (χ2n) is 4.97. The first kappa shape index (κ1) is 13.4. The summed E-state index contributed by atoms with van der Waals surface area (Å²) in [6, 6.07) is 7.25. The highest BCUT2D eigenvalue weighted by atomic mass is 16.4. The third kappa shape index (κ3) is 2.52. The number of aromatic nitrogens is 1. The fourth-order valence-electron chi connectivity index (χ4n) is 2.59. The smallest absolute Gasteiger partial charge is 0.337 e. The van der Waals surface area contributed by atoms with Crippen LogP contribution in [0.1, 0.15) is 16.8 Å². The van der Waals surface area contributed by atoms with Gasteiger partial charge in [0.2, 0.25) is 5.91 Å². The summed E-state index contributed by atoms with van der Waals surface area (Å²) < 4.78 is 0. The highest BCUT2D eigenvalue weighted by molar-refractivity contribution is 6.06. The molecule has 0 saturated carbocycles. The minimum atomic E-state index is -1.00. The monoisotopic (exact) mass is 285 g/mol. The van der Waals surface area contributed by atoms with E-state index in [0.29, 0.717) is 24.3 Å². The van der Waals surface area contributed by atoms with Crippen molar-refractivity contribution >= 4 is 28.5 Å². The molecule has 2 N–H and O–H groups in total. The Hall–Kier alpha value is -2.63. The Kier molecular flexibility index (Phi) is 3.43. The second kappa shape index (κ2) is 5.40. The minimum absolute atomic E-state index is 0.0410. The van der Waals surface area contributed by atoms with Crippen molar-refractivity contribution in [2.24, 2.45) is 0 Å². The molecule has 0 atom stereocenters. The van der Waals surface area contributed by atoms with Gasteiger partial charge in [-0.1, -0.05) is 24.3 Å². The molecule has 1 amide bonds. The zero-order valence-electron chi connectivity index (χ0n) is 11.4. The number of carbonyl (C=O) groups excluding carboxylic acids is 1. The maximum absolute atomic E-state index is 11.7. The Morgan fingerprint density at radius 2 is 2.05 bits per heavy atom. The van der Waals surface area contributed by atoms with Crippen LogP contribution in [-0.2, 0) is 4.79 Å². The molecule has 1 aromatic carbocycles. The predicted molar refractivity (Wildman–Crippen MR) is 78.5 cm³/mol. The number of anilines is 1. The molecule has 108 valence electrons. The Morgan fingerprint density at radius 3 is 2.81 bits per heavy atom. The molecule has 3 rings (SSSR count). The van der Waals surface area contributed by atoms with Crippen LogP contribution in [0.4, 0.5) is 5.82 Å². The van der Waals surface area contributed by atoms with Gasteiger partial charge in [-0.3, -0.25) is 4.79 Å². The summed E-state index contributed by atoms with van der Waals surface area (Å²) in [7, 11) is 0. The van der Waals surface area contributed by atoms with Gasteiger partial charge in [0.05, 0.1) is 12.1 Å². The summed E-state index contributed by atoms with van der Waals surface area (Å²) in [5.41, 5.74) is 0.175. The molecular weight excluding hydrogens is 270 g/mol. The number of fused-ring (bicyclic) bond motifs is 1. The molecule has 0 bridgehead atoms. The molecule has 1 aliphatic heterocycles. The van der Waals surface area contributed by atoms with Crippen molar-refractivity contribution in [3.05, 3.63) is 36.0 Å². The predicted octanol–water partition coefficient (Wildman–Crippen LogP) is 1.26. The van der Waals surface area contributed by atoms with E-state index in [2.05, 4.69) is 10.3 Å². The van der Waals surface area contributed by atoms with E-state index in [0.717, 1.165) is 11.8 Å². The molecule has 0 aliphatic carbocycles. The summed E-state index contributed by atoms with van der Waals surface area (Å²) >= 11 is 0. The number of rotatable bonds is 2. The SMILES string of the molecule is O=C1CN(c2ncc(C(=O)O)c3ccccc23)CCCN1. The number of amides is 1. The molecule has 0 spiro atoms. The summed E-state index contributed by atoms with van der Waals surface area (Å²) in [5.74, 6) is -0.382. The van der Waals surface area contributed by atoms with Gasteiger partial charge in [0.1, 0.15) is 5.82 Å². The topological polar surface area (TPSA) is 82.5 Å². The lowest BCUT2D eigenvalue weighted by Crippen LogP contribution is -2.33. The number of nitrogens with one attached hydrogen (secondary N) is 1. The van der Waals surface area contributed by atoms with Crippen molar-refractivity contribution in [3.63, 3.8) is 0 Å². The third-order valence-electron chi connectivity index (χ3n) is 3.57. The van der Waals surface area contributed by atoms with E-state index in [1.807, 2.05) is 17.0 Å². The second-order valence-corrected chi connectivity index (χ2v) is 4.97. The van der Waals surface area contributed by atoms with Crippen molar-refractivity contribution < 1.29 is 14.7 Å². The van der Waals surface area contributed by atoms with E-state index in [1.165, 1.54) is 6.20 Å². The van der Waals surface area contributed by atoms with Crippen LogP contribution in [-0.4, -0.2) is 41.6 Å². The molecule has 1 saturated heterocycles. The largest absolute Gasteiger partial charge is 0.478 e. The summed E-state index contributed by atoms with van der Waals surface area (Å²) in [5, 5.41) is 13.5. The quantitative estimate of drug-likeness (QED) is 0.868. The van der Waals surface area contributed by atoms with Gasteiger partial charge in [-0.15, -0.1) is 0 Å². The van der Waals surface area contributed by atoms with Crippen molar-refractivity contribution in [3.8, 4) is 0 Å². The Bertz CT molecular complexity index is 714. The van der Waals surface area contributed by atoms with Gasteiger partial charge in [0.15, 0.2) is 0 Å². The number of benzene rings is 1. The van der Waals surface area contributed by atoms with Crippen molar-refractivity contribution in [2.45, 2.75) is 6.42 Å².